The minimum atomic E-state index is 0.910. The van der Waals surface area contributed by atoms with Gasteiger partial charge in [0.25, 0.3) is 0 Å². The Balaban J connectivity index is 2.11. The SMILES string of the molecule is COc1cccc(-c2cccc3c2CC(C)=C3)c1. The van der Waals surface area contributed by atoms with E-state index in [9.17, 15) is 0 Å². The summed E-state index contributed by atoms with van der Waals surface area (Å²) in [6.45, 7) is 2.19. The fourth-order valence-electron chi connectivity index (χ4n) is 2.59. The Labute approximate surface area is 108 Å². The topological polar surface area (TPSA) is 9.23 Å². The predicted octanol–water partition coefficient (Wildman–Crippen LogP) is 4.32. The van der Waals surface area contributed by atoms with Gasteiger partial charge in [0.05, 0.1) is 7.11 Å². The molecule has 0 heterocycles. The molecule has 2 aromatic carbocycles. The fraction of sp³-hybridized carbons (Fsp3) is 0.176. The second kappa shape index (κ2) is 4.34. The van der Waals surface area contributed by atoms with Gasteiger partial charge in [-0.25, -0.2) is 0 Å². The number of rotatable bonds is 2. The van der Waals surface area contributed by atoms with Crippen molar-refractivity contribution in [3.05, 3.63) is 59.2 Å². The van der Waals surface area contributed by atoms with Gasteiger partial charge in [-0.3, -0.25) is 0 Å². The summed E-state index contributed by atoms with van der Waals surface area (Å²) in [5, 5.41) is 0. The van der Waals surface area contributed by atoms with E-state index < -0.39 is 0 Å². The van der Waals surface area contributed by atoms with Gasteiger partial charge in [-0.2, -0.15) is 0 Å². The minimum absolute atomic E-state index is 0.910. The number of ether oxygens (including phenoxy) is 1. The average Bonchev–Trinajstić information content (AvgIpc) is 2.78. The van der Waals surface area contributed by atoms with Crippen LogP contribution in [0.15, 0.2) is 48.0 Å². The molecule has 0 spiro atoms. The highest BCUT2D eigenvalue weighted by Gasteiger charge is 2.14. The lowest BCUT2D eigenvalue weighted by Gasteiger charge is -2.10. The van der Waals surface area contributed by atoms with Crippen molar-refractivity contribution in [2.24, 2.45) is 0 Å². The van der Waals surface area contributed by atoms with Gasteiger partial charge in [0.1, 0.15) is 5.75 Å². The highest BCUT2D eigenvalue weighted by molar-refractivity contribution is 5.77. The molecule has 1 aliphatic rings. The summed E-state index contributed by atoms with van der Waals surface area (Å²) in [5.74, 6) is 0.910. The van der Waals surface area contributed by atoms with E-state index in [0.717, 1.165) is 12.2 Å². The van der Waals surface area contributed by atoms with E-state index >= 15 is 0 Å². The van der Waals surface area contributed by atoms with Crippen molar-refractivity contribution in [2.45, 2.75) is 13.3 Å². The van der Waals surface area contributed by atoms with Gasteiger partial charge in [0.2, 0.25) is 0 Å². The third-order valence-electron chi connectivity index (χ3n) is 3.45. The Morgan fingerprint density at radius 3 is 2.72 bits per heavy atom. The highest BCUT2D eigenvalue weighted by Crippen LogP contribution is 2.34. The van der Waals surface area contributed by atoms with Gasteiger partial charge in [0.15, 0.2) is 0 Å². The quantitative estimate of drug-likeness (QED) is 0.754. The third-order valence-corrected chi connectivity index (χ3v) is 3.45. The van der Waals surface area contributed by atoms with Crippen LogP contribution in [0.25, 0.3) is 17.2 Å². The maximum absolute atomic E-state index is 5.30. The second-order valence-electron chi connectivity index (χ2n) is 4.77. The highest BCUT2D eigenvalue weighted by atomic mass is 16.5. The summed E-state index contributed by atoms with van der Waals surface area (Å²) >= 11 is 0. The number of hydrogen-bond acceptors (Lipinski definition) is 1. The minimum Gasteiger partial charge on any atom is -0.497 e. The van der Waals surface area contributed by atoms with Crippen LogP contribution in [0.5, 0.6) is 5.75 Å². The molecule has 0 saturated heterocycles. The van der Waals surface area contributed by atoms with Gasteiger partial charge in [0, 0.05) is 0 Å². The molecule has 0 aromatic heterocycles. The van der Waals surface area contributed by atoms with E-state index in [0.29, 0.717) is 0 Å². The van der Waals surface area contributed by atoms with Crippen LogP contribution in [-0.2, 0) is 6.42 Å². The molecule has 0 N–H and O–H groups in total. The van der Waals surface area contributed by atoms with E-state index in [-0.39, 0.29) is 0 Å². The predicted molar refractivity (Wildman–Crippen MR) is 75.8 cm³/mol. The molecule has 0 bridgehead atoms. The first-order valence-corrected chi connectivity index (χ1v) is 6.21. The zero-order valence-corrected chi connectivity index (χ0v) is 10.7. The molecule has 18 heavy (non-hydrogen) atoms. The summed E-state index contributed by atoms with van der Waals surface area (Å²) in [7, 11) is 1.71. The normalized spacial score (nSPS) is 13.1. The van der Waals surface area contributed by atoms with Crippen LogP contribution < -0.4 is 4.74 Å². The number of benzene rings is 2. The Hall–Kier alpha value is -2.02. The van der Waals surface area contributed by atoms with Crippen molar-refractivity contribution >= 4 is 6.08 Å². The molecule has 0 unspecified atom stereocenters. The number of allylic oxidation sites excluding steroid dienone is 1. The maximum atomic E-state index is 5.30. The number of fused-ring (bicyclic) bond motifs is 1. The van der Waals surface area contributed by atoms with Gasteiger partial charge in [-0.05, 0) is 47.7 Å². The lowest BCUT2D eigenvalue weighted by Crippen LogP contribution is -1.90. The van der Waals surface area contributed by atoms with Crippen LogP contribution in [0.2, 0.25) is 0 Å². The van der Waals surface area contributed by atoms with Crippen molar-refractivity contribution < 1.29 is 4.74 Å². The summed E-state index contributed by atoms with van der Waals surface area (Å²) in [4.78, 5) is 0. The first-order chi connectivity index (χ1) is 8.78. The van der Waals surface area contributed by atoms with E-state index in [1.165, 1.54) is 27.8 Å². The van der Waals surface area contributed by atoms with Crippen LogP contribution in [0.4, 0.5) is 0 Å². The van der Waals surface area contributed by atoms with Crippen LogP contribution in [0, 0.1) is 0 Å². The van der Waals surface area contributed by atoms with Gasteiger partial charge < -0.3 is 4.74 Å². The molecule has 1 nitrogen and oxygen atoms in total. The number of hydrogen-bond donors (Lipinski definition) is 0. The summed E-state index contributed by atoms with van der Waals surface area (Å²) in [6.07, 6.45) is 3.34. The zero-order chi connectivity index (χ0) is 12.5. The smallest absolute Gasteiger partial charge is 0.119 e. The molecule has 2 aromatic rings. The second-order valence-corrected chi connectivity index (χ2v) is 4.77. The standard InChI is InChI=1S/C17H16O/c1-12-9-13-6-4-8-16(17(13)10-12)14-5-3-7-15(11-14)18-2/h3-9,11H,10H2,1-2H3. The fourth-order valence-corrected chi connectivity index (χ4v) is 2.59. The third kappa shape index (κ3) is 1.82. The van der Waals surface area contributed by atoms with Crippen LogP contribution in [-0.4, -0.2) is 7.11 Å². The van der Waals surface area contributed by atoms with Gasteiger partial charge >= 0.3 is 0 Å². The lowest BCUT2D eigenvalue weighted by atomic mass is 9.96. The van der Waals surface area contributed by atoms with Gasteiger partial charge in [-0.15, -0.1) is 0 Å². The Morgan fingerprint density at radius 1 is 1.06 bits per heavy atom. The molecule has 1 heteroatoms. The van der Waals surface area contributed by atoms with Crippen LogP contribution in [0.1, 0.15) is 18.1 Å². The van der Waals surface area contributed by atoms with Crippen molar-refractivity contribution in [1.82, 2.24) is 0 Å². The van der Waals surface area contributed by atoms with E-state index in [1.807, 2.05) is 12.1 Å². The molecular formula is C17H16O. The van der Waals surface area contributed by atoms with E-state index in [1.54, 1.807) is 7.11 Å². The van der Waals surface area contributed by atoms with Crippen molar-refractivity contribution in [3.63, 3.8) is 0 Å². The van der Waals surface area contributed by atoms with Crippen LogP contribution in [0.3, 0.4) is 0 Å². The molecule has 1 aliphatic carbocycles. The molecule has 0 amide bonds. The van der Waals surface area contributed by atoms with E-state index in [2.05, 4.69) is 43.3 Å². The van der Waals surface area contributed by atoms with Crippen molar-refractivity contribution in [2.75, 3.05) is 7.11 Å². The largest absolute Gasteiger partial charge is 0.497 e. The van der Waals surface area contributed by atoms with Crippen molar-refractivity contribution in [1.29, 1.82) is 0 Å². The Morgan fingerprint density at radius 2 is 1.89 bits per heavy atom. The van der Waals surface area contributed by atoms with Crippen molar-refractivity contribution in [3.8, 4) is 16.9 Å². The molecule has 0 radical (unpaired) electrons. The first kappa shape index (κ1) is 11.1. The molecule has 3 rings (SSSR count). The summed E-state index contributed by atoms with van der Waals surface area (Å²) in [5.41, 5.74) is 6.77. The summed E-state index contributed by atoms with van der Waals surface area (Å²) < 4.78 is 5.30. The van der Waals surface area contributed by atoms with Gasteiger partial charge in [-0.1, -0.05) is 42.0 Å². The summed E-state index contributed by atoms with van der Waals surface area (Å²) in [6, 6.07) is 14.8. The first-order valence-electron chi connectivity index (χ1n) is 6.21. The molecule has 0 atom stereocenters. The Bertz CT molecular complexity index is 623. The Kier molecular flexibility index (Phi) is 2.67. The molecule has 0 aliphatic heterocycles. The molecule has 0 fully saturated rings. The number of methoxy groups -OCH3 is 1. The molecular weight excluding hydrogens is 220 g/mol. The van der Waals surface area contributed by atoms with E-state index in [4.69, 9.17) is 4.74 Å². The zero-order valence-electron chi connectivity index (χ0n) is 10.7. The lowest BCUT2D eigenvalue weighted by molar-refractivity contribution is 0.415. The molecule has 0 saturated carbocycles. The van der Waals surface area contributed by atoms with Crippen LogP contribution >= 0.6 is 0 Å². The maximum Gasteiger partial charge on any atom is 0.119 e. The molecule has 90 valence electrons. The average molecular weight is 236 g/mol. The monoisotopic (exact) mass is 236 g/mol.